The fraction of sp³-hybridized carbons (Fsp3) is 0.708. The van der Waals surface area contributed by atoms with E-state index in [2.05, 4.69) is 124 Å². The molecule has 0 spiro atoms. The molecule has 0 aromatic carbocycles. The molecule has 78 heavy (non-hydrogen) atoms. The van der Waals surface area contributed by atoms with Crippen molar-refractivity contribution in [3.05, 3.63) is 109 Å². The maximum absolute atomic E-state index is 12.9. The first-order valence-electron chi connectivity index (χ1n) is 32.9. The van der Waals surface area contributed by atoms with Crippen LogP contribution in [0.1, 0.15) is 310 Å². The number of carbonyl (C=O) groups excluding carboxylic acids is 3. The van der Waals surface area contributed by atoms with Crippen LogP contribution < -0.4 is 0 Å². The van der Waals surface area contributed by atoms with Gasteiger partial charge in [0.2, 0.25) is 0 Å². The van der Waals surface area contributed by atoms with Crippen molar-refractivity contribution in [3.63, 3.8) is 0 Å². The number of unbranched alkanes of at least 4 members (excludes halogenated alkanes) is 30. The molecule has 0 fully saturated rings. The van der Waals surface area contributed by atoms with E-state index in [9.17, 15) is 14.4 Å². The fourth-order valence-corrected chi connectivity index (χ4v) is 9.08. The zero-order valence-corrected chi connectivity index (χ0v) is 51.2. The summed E-state index contributed by atoms with van der Waals surface area (Å²) in [7, 11) is 0. The smallest absolute Gasteiger partial charge is 0.306 e. The molecule has 0 amide bonds. The van der Waals surface area contributed by atoms with Gasteiger partial charge in [-0.15, -0.1) is 0 Å². The molecule has 1 atom stereocenters. The van der Waals surface area contributed by atoms with Crippen molar-refractivity contribution in [2.45, 2.75) is 316 Å². The summed E-state index contributed by atoms with van der Waals surface area (Å²) in [6.45, 7) is 6.47. The summed E-state index contributed by atoms with van der Waals surface area (Å²) in [5, 5.41) is 0. The van der Waals surface area contributed by atoms with E-state index in [0.29, 0.717) is 19.3 Å². The molecule has 0 aromatic rings. The average Bonchev–Trinajstić information content (AvgIpc) is 3.44. The number of esters is 3. The van der Waals surface area contributed by atoms with Gasteiger partial charge in [0.25, 0.3) is 0 Å². The van der Waals surface area contributed by atoms with E-state index in [1.165, 1.54) is 173 Å². The minimum Gasteiger partial charge on any atom is -0.462 e. The summed E-state index contributed by atoms with van der Waals surface area (Å²) < 4.78 is 16.9. The van der Waals surface area contributed by atoms with Crippen LogP contribution in [0.15, 0.2) is 109 Å². The standard InChI is InChI=1S/C72H122O6/c1-4-7-10-13-16-19-22-25-28-31-34-35-36-37-39-41-44-47-50-53-56-59-62-65-71(74)77-68-69(67-76-70(73)64-61-58-55-52-49-46-43-40-33-30-27-24-21-18-15-12-9-6-3)78-72(75)66-63-60-57-54-51-48-45-42-38-32-29-26-23-20-17-14-11-8-5-2/h8,11,17,20-21,24,26,29-31,33-34,38,42,48,51,57,60,69H,4-7,9-10,12-16,18-19,22-23,25,27-28,32,35-37,39-41,43-47,49-50,52-56,58-59,61-68H2,1-3H3/b11-8-,20-17-,24-21-,29-26-,33-30-,34-31-,42-38-,51-48-,60-57-. The summed E-state index contributed by atoms with van der Waals surface area (Å²) in [5.41, 5.74) is 0. The van der Waals surface area contributed by atoms with E-state index in [-0.39, 0.29) is 31.6 Å². The summed E-state index contributed by atoms with van der Waals surface area (Å²) in [5.74, 6) is -0.997. The van der Waals surface area contributed by atoms with Crippen molar-refractivity contribution in [1.82, 2.24) is 0 Å². The highest BCUT2D eigenvalue weighted by atomic mass is 16.6. The summed E-state index contributed by atoms with van der Waals surface area (Å²) in [4.78, 5) is 38.3. The van der Waals surface area contributed by atoms with Crippen LogP contribution >= 0.6 is 0 Å². The largest absolute Gasteiger partial charge is 0.462 e. The van der Waals surface area contributed by atoms with Crippen molar-refractivity contribution in [1.29, 1.82) is 0 Å². The second-order valence-electron chi connectivity index (χ2n) is 21.6. The zero-order chi connectivity index (χ0) is 56.4. The van der Waals surface area contributed by atoms with Gasteiger partial charge in [0, 0.05) is 19.3 Å². The maximum Gasteiger partial charge on any atom is 0.306 e. The van der Waals surface area contributed by atoms with Crippen LogP contribution in [0.5, 0.6) is 0 Å². The molecule has 0 aromatic heterocycles. The third-order valence-electron chi connectivity index (χ3n) is 14.0. The van der Waals surface area contributed by atoms with E-state index in [0.717, 1.165) is 89.9 Å². The lowest BCUT2D eigenvalue weighted by atomic mass is 10.0. The first-order chi connectivity index (χ1) is 38.5. The van der Waals surface area contributed by atoms with Gasteiger partial charge in [0.1, 0.15) is 13.2 Å². The lowest BCUT2D eigenvalue weighted by Gasteiger charge is -2.18. The fourth-order valence-electron chi connectivity index (χ4n) is 9.08. The van der Waals surface area contributed by atoms with Crippen LogP contribution in [0.4, 0.5) is 0 Å². The molecule has 0 rings (SSSR count). The number of hydrogen-bond acceptors (Lipinski definition) is 6. The Labute approximate surface area is 482 Å². The Morgan fingerprint density at radius 3 is 0.859 bits per heavy atom. The van der Waals surface area contributed by atoms with Gasteiger partial charge in [0.15, 0.2) is 6.10 Å². The number of carbonyl (C=O) groups is 3. The van der Waals surface area contributed by atoms with Crippen LogP contribution in [-0.4, -0.2) is 37.2 Å². The molecule has 0 saturated heterocycles. The molecular formula is C72H122O6. The molecule has 0 N–H and O–H groups in total. The molecule has 1 unspecified atom stereocenters. The second-order valence-corrected chi connectivity index (χ2v) is 21.6. The third kappa shape index (κ3) is 62.9. The van der Waals surface area contributed by atoms with E-state index in [4.69, 9.17) is 14.2 Å². The highest BCUT2D eigenvalue weighted by Gasteiger charge is 2.19. The number of ether oxygens (including phenoxy) is 3. The molecule has 0 aliphatic carbocycles. The zero-order valence-electron chi connectivity index (χ0n) is 51.2. The van der Waals surface area contributed by atoms with Crippen molar-refractivity contribution < 1.29 is 28.6 Å². The van der Waals surface area contributed by atoms with Gasteiger partial charge < -0.3 is 14.2 Å². The van der Waals surface area contributed by atoms with Crippen LogP contribution in [0, 0.1) is 0 Å². The minimum atomic E-state index is -0.825. The van der Waals surface area contributed by atoms with Gasteiger partial charge in [-0.1, -0.05) is 284 Å². The van der Waals surface area contributed by atoms with Crippen LogP contribution in [-0.2, 0) is 28.6 Å². The monoisotopic (exact) mass is 1080 g/mol. The van der Waals surface area contributed by atoms with Gasteiger partial charge in [-0.25, -0.2) is 0 Å². The van der Waals surface area contributed by atoms with Gasteiger partial charge >= 0.3 is 17.9 Å². The van der Waals surface area contributed by atoms with E-state index >= 15 is 0 Å². The van der Waals surface area contributed by atoms with Crippen LogP contribution in [0.2, 0.25) is 0 Å². The normalized spacial score (nSPS) is 12.8. The lowest BCUT2D eigenvalue weighted by molar-refractivity contribution is -0.166. The third-order valence-corrected chi connectivity index (χ3v) is 14.0. The number of rotatable bonds is 59. The van der Waals surface area contributed by atoms with Crippen molar-refractivity contribution in [2.75, 3.05) is 13.2 Å². The SMILES string of the molecule is CC/C=C\C/C=C\C/C=C\C/C=C\C/C=C\C/C=C\CCC(=O)OC(COC(=O)CCCCCCCCC/C=C\C/C=C\CCCCCC)COC(=O)CCCCCCCCCCCCC/C=C\CCCCCCCCCC. The minimum absolute atomic E-state index is 0.111. The number of hydrogen-bond donors (Lipinski definition) is 0. The lowest BCUT2D eigenvalue weighted by Crippen LogP contribution is -2.30. The Kier molecular flexibility index (Phi) is 62.3. The molecule has 0 bridgehead atoms. The highest BCUT2D eigenvalue weighted by Crippen LogP contribution is 2.16. The van der Waals surface area contributed by atoms with Crippen molar-refractivity contribution in [3.8, 4) is 0 Å². The van der Waals surface area contributed by atoms with Crippen LogP contribution in [0.3, 0.4) is 0 Å². The summed E-state index contributed by atoms with van der Waals surface area (Å²) in [6, 6.07) is 0. The molecule has 0 aliphatic rings. The van der Waals surface area contributed by atoms with Gasteiger partial charge in [-0.2, -0.15) is 0 Å². The van der Waals surface area contributed by atoms with Crippen molar-refractivity contribution in [2.24, 2.45) is 0 Å². The Balaban J connectivity index is 4.46. The van der Waals surface area contributed by atoms with Crippen molar-refractivity contribution >= 4 is 17.9 Å². The number of allylic oxidation sites excluding steroid dienone is 18. The predicted molar refractivity (Wildman–Crippen MR) is 339 cm³/mol. The molecule has 6 nitrogen and oxygen atoms in total. The van der Waals surface area contributed by atoms with E-state index in [1.807, 2.05) is 6.08 Å². The molecule has 446 valence electrons. The van der Waals surface area contributed by atoms with Gasteiger partial charge in [-0.05, 0) is 116 Å². The molecule has 0 aliphatic heterocycles. The molecular weight excluding hydrogens is 961 g/mol. The molecule has 6 heteroatoms. The van der Waals surface area contributed by atoms with E-state index < -0.39 is 12.1 Å². The Hall–Kier alpha value is -3.93. The summed E-state index contributed by atoms with van der Waals surface area (Å²) >= 11 is 0. The summed E-state index contributed by atoms with van der Waals surface area (Å²) in [6.07, 6.45) is 89.7. The first-order valence-corrected chi connectivity index (χ1v) is 32.9. The first kappa shape index (κ1) is 74.1. The molecule has 0 saturated carbocycles. The predicted octanol–water partition coefficient (Wildman–Crippen LogP) is 22.6. The second kappa shape index (κ2) is 65.6. The topological polar surface area (TPSA) is 78.9 Å². The van der Waals surface area contributed by atoms with Gasteiger partial charge in [-0.3, -0.25) is 14.4 Å². The van der Waals surface area contributed by atoms with Gasteiger partial charge in [0.05, 0.1) is 0 Å². The quantitative estimate of drug-likeness (QED) is 0.0261. The molecule has 0 heterocycles. The highest BCUT2D eigenvalue weighted by molar-refractivity contribution is 5.71. The Morgan fingerprint density at radius 2 is 0.526 bits per heavy atom. The Morgan fingerprint density at radius 1 is 0.269 bits per heavy atom. The maximum atomic E-state index is 12.9. The average molecular weight is 1080 g/mol. The van der Waals surface area contributed by atoms with E-state index in [1.54, 1.807) is 0 Å². The molecule has 0 radical (unpaired) electrons. The Bertz CT molecular complexity index is 1570. The van der Waals surface area contributed by atoms with Crippen LogP contribution in [0.25, 0.3) is 0 Å².